The number of benzene rings is 4. The predicted molar refractivity (Wildman–Crippen MR) is 193 cm³/mol. The van der Waals surface area contributed by atoms with Gasteiger partial charge in [-0.2, -0.15) is 0 Å². The number of ether oxygens (including phenoxy) is 2. The fourth-order valence-electron chi connectivity index (χ4n) is 6.44. The Bertz CT molecular complexity index is 2470. The first kappa shape index (κ1) is 31.8. The number of nitrogens with one attached hydrogen (secondary N) is 1. The van der Waals surface area contributed by atoms with Gasteiger partial charge in [0.05, 0.1) is 41.9 Å². The van der Waals surface area contributed by atoms with E-state index in [-0.39, 0.29) is 11.3 Å². The van der Waals surface area contributed by atoms with Gasteiger partial charge < -0.3 is 19.2 Å². The maximum atomic E-state index is 13.6. The van der Waals surface area contributed by atoms with E-state index in [1.54, 1.807) is 54.6 Å². The number of tetrazole rings is 1. The van der Waals surface area contributed by atoms with Crippen molar-refractivity contribution in [3.63, 3.8) is 0 Å². The molecular formula is C39H33N7O5. The lowest BCUT2D eigenvalue weighted by atomic mass is 10.0. The molecule has 4 heterocycles. The Labute approximate surface area is 292 Å². The summed E-state index contributed by atoms with van der Waals surface area (Å²) in [6.07, 6.45) is 5.79. The summed E-state index contributed by atoms with van der Waals surface area (Å²) in [4.78, 5) is 34.8. The van der Waals surface area contributed by atoms with Crippen LogP contribution in [0.25, 0.3) is 39.0 Å². The Morgan fingerprint density at radius 3 is 2.55 bits per heavy atom. The molecule has 1 amide bonds. The molecule has 0 unspecified atom stereocenters. The molecule has 1 N–H and O–H groups in total. The molecule has 7 aromatic rings. The highest BCUT2D eigenvalue weighted by Crippen LogP contribution is 2.38. The van der Waals surface area contributed by atoms with Crippen molar-refractivity contribution in [3.8, 4) is 28.6 Å². The van der Waals surface area contributed by atoms with E-state index in [0.717, 1.165) is 38.2 Å². The van der Waals surface area contributed by atoms with Gasteiger partial charge in [-0.05, 0) is 89.3 Å². The number of rotatable bonds is 9. The standard InChI is InChI=1S/C39H33N7O5/c1-49-35-20-31(32(21-36(35)50-2)41-39(48)25-9-12-30-34(19-25)51-33-6-4-3-5-29(33)37(30)47)38-42-44-46(43-38)28-10-7-24(8-11-28)14-17-45-18-15-26-22-40-16-13-27(26)23-45/h3-13,16,19-22H,14-15,17-18,23H2,1-2H3,(H,41,48). The van der Waals surface area contributed by atoms with Crippen LogP contribution in [0.2, 0.25) is 0 Å². The Hall–Kier alpha value is -6.40. The van der Waals surface area contributed by atoms with Crippen molar-refractivity contribution in [2.45, 2.75) is 19.4 Å². The molecule has 0 radical (unpaired) electrons. The minimum Gasteiger partial charge on any atom is -0.493 e. The van der Waals surface area contributed by atoms with Crippen LogP contribution < -0.4 is 20.2 Å². The molecule has 12 heteroatoms. The van der Waals surface area contributed by atoms with E-state index in [4.69, 9.17) is 13.9 Å². The first-order valence-electron chi connectivity index (χ1n) is 16.5. The number of amides is 1. The van der Waals surface area contributed by atoms with E-state index in [1.807, 2.05) is 24.5 Å². The summed E-state index contributed by atoms with van der Waals surface area (Å²) in [6, 6.07) is 25.3. The van der Waals surface area contributed by atoms with E-state index in [9.17, 15) is 9.59 Å². The fourth-order valence-corrected chi connectivity index (χ4v) is 6.44. The highest BCUT2D eigenvalue weighted by atomic mass is 16.5. The smallest absolute Gasteiger partial charge is 0.255 e. The van der Waals surface area contributed by atoms with Crippen LogP contribution in [0, 0.1) is 0 Å². The molecule has 0 bridgehead atoms. The number of para-hydroxylation sites is 1. The lowest BCUT2D eigenvalue weighted by Crippen LogP contribution is -2.32. The van der Waals surface area contributed by atoms with Gasteiger partial charge >= 0.3 is 0 Å². The first-order valence-corrected chi connectivity index (χ1v) is 16.5. The largest absolute Gasteiger partial charge is 0.493 e. The van der Waals surface area contributed by atoms with Crippen molar-refractivity contribution in [3.05, 3.63) is 130 Å². The SMILES string of the molecule is COc1cc(NC(=O)c2ccc3c(=O)c4ccccc4oc3c2)c(-c2nnn(-c3ccc(CCN4CCc5cnccc5C4)cc3)n2)cc1OC. The van der Waals surface area contributed by atoms with Crippen LogP contribution >= 0.6 is 0 Å². The third-order valence-corrected chi connectivity index (χ3v) is 9.25. The fraction of sp³-hybridized carbons (Fsp3) is 0.179. The number of hydrogen-bond acceptors (Lipinski definition) is 10. The summed E-state index contributed by atoms with van der Waals surface area (Å²) in [5.41, 5.74) is 6.39. The Morgan fingerprint density at radius 1 is 0.902 bits per heavy atom. The number of hydrogen-bond donors (Lipinski definition) is 1. The van der Waals surface area contributed by atoms with Crippen LogP contribution in [0.15, 0.2) is 107 Å². The van der Waals surface area contributed by atoms with Gasteiger partial charge in [0.15, 0.2) is 11.5 Å². The summed E-state index contributed by atoms with van der Waals surface area (Å²) in [6.45, 7) is 2.93. The highest BCUT2D eigenvalue weighted by Gasteiger charge is 2.21. The van der Waals surface area contributed by atoms with E-state index >= 15 is 0 Å². The van der Waals surface area contributed by atoms with Crippen molar-refractivity contribution in [2.24, 2.45) is 0 Å². The van der Waals surface area contributed by atoms with Crippen LogP contribution in [0.5, 0.6) is 11.5 Å². The molecule has 0 fully saturated rings. The van der Waals surface area contributed by atoms with E-state index < -0.39 is 5.91 Å². The van der Waals surface area contributed by atoms with Gasteiger partial charge in [0.2, 0.25) is 11.3 Å². The average Bonchev–Trinajstić information content (AvgIpc) is 3.67. The third-order valence-electron chi connectivity index (χ3n) is 9.25. The number of pyridine rings is 1. The molecule has 51 heavy (non-hydrogen) atoms. The number of aromatic nitrogens is 5. The third kappa shape index (κ3) is 6.28. The Morgan fingerprint density at radius 2 is 1.71 bits per heavy atom. The number of methoxy groups -OCH3 is 2. The summed E-state index contributed by atoms with van der Waals surface area (Å²) in [5, 5.41) is 17.1. The van der Waals surface area contributed by atoms with Crippen molar-refractivity contribution in [1.82, 2.24) is 30.1 Å². The van der Waals surface area contributed by atoms with Crippen molar-refractivity contribution >= 4 is 33.5 Å². The molecule has 4 aromatic carbocycles. The number of carbonyl (C=O) groups is 1. The van der Waals surface area contributed by atoms with E-state index in [0.29, 0.717) is 50.3 Å². The molecule has 3 aromatic heterocycles. The number of nitrogens with zero attached hydrogens (tertiary/aromatic N) is 6. The summed E-state index contributed by atoms with van der Waals surface area (Å²) < 4.78 is 17.1. The van der Waals surface area contributed by atoms with Crippen molar-refractivity contribution in [1.29, 1.82) is 0 Å². The normalized spacial score (nSPS) is 12.9. The molecule has 0 aliphatic carbocycles. The number of fused-ring (bicyclic) bond motifs is 3. The van der Waals surface area contributed by atoms with Gasteiger partial charge in [-0.25, -0.2) is 0 Å². The second-order valence-electron chi connectivity index (χ2n) is 12.3. The Kier molecular flexibility index (Phi) is 8.42. The zero-order valence-corrected chi connectivity index (χ0v) is 28.0. The van der Waals surface area contributed by atoms with Gasteiger partial charge in [0.1, 0.15) is 11.2 Å². The number of anilines is 1. The van der Waals surface area contributed by atoms with Crippen LogP contribution in [0.4, 0.5) is 5.69 Å². The maximum Gasteiger partial charge on any atom is 0.255 e. The van der Waals surface area contributed by atoms with Crippen LogP contribution in [0.1, 0.15) is 27.0 Å². The van der Waals surface area contributed by atoms with E-state index in [2.05, 4.69) is 48.8 Å². The van der Waals surface area contributed by atoms with Gasteiger partial charge in [-0.3, -0.25) is 19.5 Å². The van der Waals surface area contributed by atoms with Crippen LogP contribution in [0.3, 0.4) is 0 Å². The molecule has 0 spiro atoms. The van der Waals surface area contributed by atoms with Crippen LogP contribution in [-0.4, -0.2) is 63.3 Å². The van der Waals surface area contributed by atoms with Crippen LogP contribution in [-0.2, 0) is 19.4 Å². The quantitative estimate of drug-likeness (QED) is 0.185. The molecule has 12 nitrogen and oxygen atoms in total. The van der Waals surface area contributed by atoms with Gasteiger partial charge in [0, 0.05) is 43.7 Å². The molecule has 1 aliphatic heterocycles. The molecule has 0 saturated heterocycles. The maximum absolute atomic E-state index is 13.6. The molecule has 1 aliphatic rings. The zero-order chi connectivity index (χ0) is 34.9. The zero-order valence-electron chi connectivity index (χ0n) is 28.0. The van der Waals surface area contributed by atoms with E-state index in [1.165, 1.54) is 35.7 Å². The minimum atomic E-state index is -0.435. The lowest BCUT2D eigenvalue weighted by Gasteiger charge is -2.28. The minimum absolute atomic E-state index is 0.160. The second kappa shape index (κ2) is 13.5. The molecule has 8 rings (SSSR count). The first-order chi connectivity index (χ1) is 25.0. The summed E-state index contributed by atoms with van der Waals surface area (Å²) in [5.74, 6) is 0.669. The van der Waals surface area contributed by atoms with Crippen molar-refractivity contribution in [2.75, 3.05) is 32.6 Å². The molecule has 0 saturated carbocycles. The van der Waals surface area contributed by atoms with Gasteiger partial charge in [-0.15, -0.1) is 15.0 Å². The van der Waals surface area contributed by atoms with Gasteiger partial charge in [-0.1, -0.05) is 24.3 Å². The summed E-state index contributed by atoms with van der Waals surface area (Å²) >= 11 is 0. The topological polar surface area (TPSA) is 137 Å². The second-order valence-corrected chi connectivity index (χ2v) is 12.3. The molecular weight excluding hydrogens is 646 g/mol. The summed E-state index contributed by atoms with van der Waals surface area (Å²) in [7, 11) is 3.04. The average molecular weight is 680 g/mol. The Balaban J connectivity index is 1.02. The van der Waals surface area contributed by atoms with Gasteiger partial charge in [0.25, 0.3) is 5.91 Å². The van der Waals surface area contributed by atoms with Crippen molar-refractivity contribution < 1.29 is 18.7 Å². The molecule has 254 valence electrons. The number of carbonyl (C=O) groups excluding carboxylic acids is 1. The monoisotopic (exact) mass is 679 g/mol. The lowest BCUT2D eigenvalue weighted by molar-refractivity contribution is 0.102. The molecule has 0 atom stereocenters. The predicted octanol–water partition coefficient (Wildman–Crippen LogP) is 5.85. The highest BCUT2D eigenvalue weighted by molar-refractivity contribution is 6.08.